The van der Waals surface area contributed by atoms with E-state index in [1.165, 1.54) is 25.7 Å². The number of hydrogen-bond acceptors (Lipinski definition) is 4. The molecule has 0 atom stereocenters. The minimum absolute atomic E-state index is 0.131. The lowest BCUT2D eigenvalue weighted by molar-refractivity contribution is 0.0950. The maximum Gasteiger partial charge on any atom is 0.253 e. The molecule has 1 amide bonds. The van der Waals surface area contributed by atoms with Gasteiger partial charge >= 0.3 is 0 Å². The van der Waals surface area contributed by atoms with Gasteiger partial charge < -0.3 is 10.1 Å². The van der Waals surface area contributed by atoms with Crippen LogP contribution in [-0.4, -0.2) is 26.8 Å². The number of para-hydroxylation sites is 1. The Balaban J connectivity index is 1.27. The summed E-state index contributed by atoms with van der Waals surface area (Å²) >= 11 is 0. The number of carbonyl (C=O) groups excluding carboxylic acids is 1. The van der Waals surface area contributed by atoms with Crippen molar-refractivity contribution in [1.82, 2.24) is 20.1 Å². The van der Waals surface area contributed by atoms with Gasteiger partial charge in [-0.15, -0.1) is 0 Å². The van der Waals surface area contributed by atoms with Crippen LogP contribution in [0.3, 0.4) is 0 Å². The summed E-state index contributed by atoms with van der Waals surface area (Å²) in [5.74, 6) is 0.741. The largest absolute Gasteiger partial charge is 0.490 e. The van der Waals surface area contributed by atoms with E-state index >= 15 is 0 Å². The second-order valence-corrected chi connectivity index (χ2v) is 8.48. The quantitative estimate of drug-likeness (QED) is 0.641. The minimum atomic E-state index is -0.131. The highest BCUT2D eigenvalue weighted by molar-refractivity contribution is 5.96. The van der Waals surface area contributed by atoms with Crippen LogP contribution in [0.5, 0.6) is 5.75 Å². The van der Waals surface area contributed by atoms with Gasteiger partial charge in [0.25, 0.3) is 5.91 Å². The molecule has 0 spiro atoms. The first-order valence-corrected chi connectivity index (χ1v) is 11.1. The monoisotopic (exact) mass is 404 g/mol. The molecule has 156 valence electrons. The predicted molar refractivity (Wildman–Crippen MR) is 116 cm³/mol. The number of carbonyl (C=O) groups is 1. The Bertz CT molecular complexity index is 1030. The maximum atomic E-state index is 12.8. The highest BCUT2D eigenvalue weighted by Gasteiger charge is 2.21. The van der Waals surface area contributed by atoms with E-state index < -0.39 is 0 Å². The van der Waals surface area contributed by atoms with Gasteiger partial charge in [0.1, 0.15) is 5.75 Å². The molecule has 0 saturated heterocycles. The third-order valence-electron chi connectivity index (χ3n) is 6.37. The normalized spacial score (nSPS) is 17.6. The summed E-state index contributed by atoms with van der Waals surface area (Å²) in [6, 6.07) is 10.3. The fourth-order valence-electron chi connectivity index (χ4n) is 4.71. The number of nitrogens with zero attached hydrogens (tertiary/aromatic N) is 3. The molecule has 30 heavy (non-hydrogen) atoms. The second kappa shape index (κ2) is 8.46. The SMILES string of the molecule is O=C(NCc1ccccc1OC1CCCC1)c1cnc2c(cnn2C2CCCC2)c1. The highest BCUT2D eigenvalue weighted by Crippen LogP contribution is 2.31. The molecule has 1 aromatic carbocycles. The summed E-state index contributed by atoms with van der Waals surface area (Å²) in [5.41, 5.74) is 2.43. The van der Waals surface area contributed by atoms with E-state index in [-0.39, 0.29) is 5.91 Å². The van der Waals surface area contributed by atoms with E-state index in [0.717, 1.165) is 48.0 Å². The zero-order valence-electron chi connectivity index (χ0n) is 17.2. The van der Waals surface area contributed by atoms with Crippen LogP contribution >= 0.6 is 0 Å². The van der Waals surface area contributed by atoms with E-state index in [1.807, 2.05) is 41.2 Å². The zero-order valence-corrected chi connectivity index (χ0v) is 17.2. The van der Waals surface area contributed by atoms with Crippen molar-refractivity contribution in [3.05, 3.63) is 53.9 Å². The number of nitrogens with one attached hydrogen (secondary N) is 1. The molecular formula is C24H28N4O2. The van der Waals surface area contributed by atoms with Crippen molar-refractivity contribution >= 4 is 16.9 Å². The van der Waals surface area contributed by atoms with E-state index in [0.29, 0.717) is 24.3 Å². The van der Waals surface area contributed by atoms with Gasteiger partial charge in [0.05, 0.1) is 23.9 Å². The first-order valence-electron chi connectivity index (χ1n) is 11.1. The fraction of sp³-hybridized carbons (Fsp3) is 0.458. The van der Waals surface area contributed by atoms with Crippen LogP contribution < -0.4 is 10.1 Å². The molecule has 0 radical (unpaired) electrons. The zero-order chi connectivity index (χ0) is 20.3. The Morgan fingerprint density at radius 1 is 1.07 bits per heavy atom. The summed E-state index contributed by atoms with van der Waals surface area (Å²) in [4.78, 5) is 17.3. The van der Waals surface area contributed by atoms with Crippen molar-refractivity contribution in [3.63, 3.8) is 0 Å². The van der Waals surface area contributed by atoms with Gasteiger partial charge in [-0.25, -0.2) is 9.67 Å². The average Bonchev–Trinajstić information content (AvgIpc) is 3.53. The minimum Gasteiger partial charge on any atom is -0.490 e. The maximum absolute atomic E-state index is 12.8. The van der Waals surface area contributed by atoms with Crippen LogP contribution in [0.4, 0.5) is 0 Å². The van der Waals surface area contributed by atoms with Crippen molar-refractivity contribution in [2.75, 3.05) is 0 Å². The second-order valence-electron chi connectivity index (χ2n) is 8.48. The highest BCUT2D eigenvalue weighted by atomic mass is 16.5. The molecule has 6 heteroatoms. The molecule has 2 aliphatic rings. The van der Waals surface area contributed by atoms with Crippen LogP contribution in [0.2, 0.25) is 0 Å². The van der Waals surface area contributed by atoms with Crippen LogP contribution in [0.15, 0.2) is 42.7 Å². The molecule has 3 aromatic rings. The molecule has 2 heterocycles. The lowest BCUT2D eigenvalue weighted by Gasteiger charge is -2.16. The van der Waals surface area contributed by atoms with E-state index in [2.05, 4.69) is 15.4 Å². The molecule has 2 aromatic heterocycles. The topological polar surface area (TPSA) is 69.0 Å². The van der Waals surface area contributed by atoms with E-state index in [9.17, 15) is 4.79 Å². The molecule has 0 unspecified atom stereocenters. The lowest BCUT2D eigenvalue weighted by Crippen LogP contribution is -2.23. The Morgan fingerprint density at radius 2 is 1.83 bits per heavy atom. The fourth-order valence-corrected chi connectivity index (χ4v) is 4.71. The number of aromatic nitrogens is 3. The number of fused-ring (bicyclic) bond motifs is 1. The van der Waals surface area contributed by atoms with E-state index in [4.69, 9.17) is 4.74 Å². The summed E-state index contributed by atoms with van der Waals surface area (Å²) in [7, 11) is 0. The third kappa shape index (κ3) is 3.91. The smallest absolute Gasteiger partial charge is 0.253 e. The average molecular weight is 405 g/mol. The van der Waals surface area contributed by atoms with Gasteiger partial charge in [-0.05, 0) is 50.7 Å². The number of hydrogen-bond donors (Lipinski definition) is 1. The van der Waals surface area contributed by atoms with Crippen LogP contribution in [0.1, 0.15) is 73.3 Å². The van der Waals surface area contributed by atoms with Gasteiger partial charge in [0, 0.05) is 23.7 Å². The van der Waals surface area contributed by atoms with Crippen LogP contribution in [0.25, 0.3) is 11.0 Å². The molecule has 0 aliphatic heterocycles. The first kappa shape index (κ1) is 19.1. The summed E-state index contributed by atoms with van der Waals surface area (Å²) in [6.07, 6.45) is 13.3. The molecule has 2 saturated carbocycles. The van der Waals surface area contributed by atoms with Gasteiger partial charge in [0.2, 0.25) is 0 Å². The first-order chi connectivity index (χ1) is 14.8. The molecule has 2 aliphatic carbocycles. The van der Waals surface area contributed by atoms with Crippen LogP contribution in [-0.2, 0) is 6.54 Å². The Labute approximate surface area is 176 Å². The Kier molecular flexibility index (Phi) is 5.39. The number of amides is 1. The van der Waals surface area contributed by atoms with Gasteiger partial charge in [0.15, 0.2) is 5.65 Å². The summed E-state index contributed by atoms with van der Waals surface area (Å²) in [6.45, 7) is 0.432. The molecular weight excluding hydrogens is 376 g/mol. The van der Waals surface area contributed by atoms with Crippen molar-refractivity contribution in [1.29, 1.82) is 0 Å². The van der Waals surface area contributed by atoms with Gasteiger partial charge in [-0.3, -0.25) is 4.79 Å². The van der Waals surface area contributed by atoms with Crippen molar-refractivity contribution in [3.8, 4) is 5.75 Å². The van der Waals surface area contributed by atoms with Crippen molar-refractivity contribution < 1.29 is 9.53 Å². The molecule has 2 fully saturated rings. The van der Waals surface area contributed by atoms with Crippen molar-refractivity contribution in [2.24, 2.45) is 0 Å². The number of rotatable bonds is 6. The molecule has 5 rings (SSSR count). The summed E-state index contributed by atoms with van der Waals surface area (Å²) < 4.78 is 8.21. The van der Waals surface area contributed by atoms with Gasteiger partial charge in [-0.2, -0.15) is 5.10 Å². The van der Waals surface area contributed by atoms with Crippen LogP contribution in [0, 0.1) is 0 Å². The Hall–Kier alpha value is -2.89. The van der Waals surface area contributed by atoms with E-state index in [1.54, 1.807) is 6.20 Å². The number of pyridine rings is 1. The molecule has 0 bridgehead atoms. The van der Waals surface area contributed by atoms with Crippen molar-refractivity contribution in [2.45, 2.75) is 70.1 Å². The molecule has 6 nitrogen and oxygen atoms in total. The Morgan fingerprint density at radius 3 is 2.67 bits per heavy atom. The number of ether oxygens (including phenoxy) is 1. The number of benzene rings is 1. The third-order valence-corrected chi connectivity index (χ3v) is 6.37. The molecule has 1 N–H and O–H groups in total. The lowest BCUT2D eigenvalue weighted by atomic mass is 10.1. The standard InChI is InChI=1S/C24H28N4O2/c29-24(26-14-17-7-1-6-12-22(17)30-21-10-4-5-11-21)19-13-18-16-27-28(23(18)25-15-19)20-8-2-3-9-20/h1,6-7,12-13,15-16,20-21H,2-5,8-11,14H2,(H,26,29). The predicted octanol–water partition coefficient (Wildman–Crippen LogP) is 4.80. The van der Waals surface area contributed by atoms with Gasteiger partial charge in [-0.1, -0.05) is 31.0 Å². The summed E-state index contributed by atoms with van der Waals surface area (Å²) in [5, 5.41) is 8.47.